The van der Waals surface area contributed by atoms with E-state index >= 15 is 0 Å². The van der Waals surface area contributed by atoms with Gasteiger partial charge in [-0.05, 0) is 56.5 Å². The molecule has 0 saturated heterocycles. The molecule has 0 amide bonds. The topological polar surface area (TPSA) is 71.3 Å². The number of ether oxygens (including phenoxy) is 3. The third-order valence-electron chi connectivity index (χ3n) is 4.55. The normalized spacial score (nSPS) is 11.1. The largest absolute Gasteiger partial charge is 0.494 e. The standard InChI is InChI=1S/C22H25N3O3/c1-4-26-16-9-7-8-15(12-16)23-22-18-10-14-11-19(27-5-2)20(28-6-3)13-17(14)21(18)24-25-22/h7-13,23-25H,4-6H2,1-3H3. The predicted octanol–water partition coefficient (Wildman–Crippen LogP) is 5.54. The molecule has 146 valence electrons. The molecule has 3 N–H and O–H groups in total. The Morgan fingerprint density at radius 1 is 0.821 bits per heavy atom. The third kappa shape index (κ3) is 3.33. The Kier molecular flexibility index (Phi) is 5.02. The van der Waals surface area contributed by atoms with Crippen molar-refractivity contribution in [2.24, 2.45) is 0 Å². The number of hydrogen-bond acceptors (Lipinski definition) is 4. The summed E-state index contributed by atoms with van der Waals surface area (Å²) < 4.78 is 17.1. The molecule has 4 rings (SSSR count). The van der Waals surface area contributed by atoms with E-state index in [1.165, 1.54) is 0 Å². The molecular weight excluding hydrogens is 354 g/mol. The van der Waals surface area contributed by atoms with Gasteiger partial charge in [0.25, 0.3) is 0 Å². The zero-order valence-corrected chi connectivity index (χ0v) is 16.4. The highest BCUT2D eigenvalue weighted by molar-refractivity contribution is 6.05. The van der Waals surface area contributed by atoms with Crippen molar-refractivity contribution in [2.75, 3.05) is 25.1 Å². The second-order valence-corrected chi connectivity index (χ2v) is 6.40. The van der Waals surface area contributed by atoms with Crippen molar-refractivity contribution in [3.05, 3.63) is 42.5 Å². The van der Waals surface area contributed by atoms with Crippen LogP contribution in [0.3, 0.4) is 0 Å². The summed E-state index contributed by atoms with van der Waals surface area (Å²) in [5, 5.41) is 12.1. The SMILES string of the molecule is CCOc1cccc(Nc2[nH][nH]c3c4cc(OCC)c(OCC)cc4cc2-3)c1. The van der Waals surface area contributed by atoms with Crippen LogP contribution in [-0.4, -0.2) is 30.0 Å². The van der Waals surface area contributed by atoms with Crippen LogP contribution in [0.2, 0.25) is 0 Å². The number of aromatic nitrogens is 2. The number of benzene rings is 2. The summed E-state index contributed by atoms with van der Waals surface area (Å²) in [5.74, 6) is 3.27. The molecule has 2 aromatic rings. The number of H-pyrrole nitrogens is 2. The minimum Gasteiger partial charge on any atom is -0.494 e. The maximum Gasteiger partial charge on any atom is 0.161 e. The summed E-state index contributed by atoms with van der Waals surface area (Å²) in [4.78, 5) is 0. The molecule has 28 heavy (non-hydrogen) atoms. The van der Waals surface area contributed by atoms with Crippen LogP contribution in [0.1, 0.15) is 20.8 Å². The van der Waals surface area contributed by atoms with E-state index in [0.29, 0.717) is 19.8 Å². The molecule has 2 aliphatic rings. The Labute approximate surface area is 164 Å². The molecule has 1 aliphatic carbocycles. The molecule has 1 aliphatic heterocycles. The zero-order chi connectivity index (χ0) is 19.5. The average molecular weight is 379 g/mol. The van der Waals surface area contributed by atoms with E-state index in [0.717, 1.165) is 50.8 Å². The molecule has 0 radical (unpaired) electrons. The lowest BCUT2D eigenvalue weighted by Gasteiger charge is -2.11. The van der Waals surface area contributed by atoms with Gasteiger partial charge in [0, 0.05) is 22.7 Å². The molecule has 6 nitrogen and oxygen atoms in total. The minimum atomic E-state index is 0.593. The summed E-state index contributed by atoms with van der Waals surface area (Å²) in [6.07, 6.45) is 0. The average Bonchev–Trinajstić information content (AvgIpc) is 3.23. The van der Waals surface area contributed by atoms with E-state index in [-0.39, 0.29) is 0 Å². The Balaban J connectivity index is 1.70. The Morgan fingerprint density at radius 3 is 2.32 bits per heavy atom. The molecule has 0 spiro atoms. The van der Waals surface area contributed by atoms with Crippen LogP contribution in [0.25, 0.3) is 22.0 Å². The smallest absolute Gasteiger partial charge is 0.161 e. The van der Waals surface area contributed by atoms with Gasteiger partial charge in [-0.25, -0.2) is 0 Å². The first-order chi connectivity index (χ1) is 13.7. The Hall–Kier alpha value is -3.28. The van der Waals surface area contributed by atoms with Gasteiger partial charge in [-0.15, -0.1) is 0 Å². The van der Waals surface area contributed by atoms with E-state index in [9.17, 15) is 0 Å². The molecule has 0 saturated carbocycles. The molecule has 0 bridgehead atoms. The molecular formula is C22H25N3O3. The summed E-state index contributed by atoms with van der Waals surface area (Å²) in [5.41, 5.74) is 3.06. The van der Waals surface area contributed by atoms with Crippen LogP contribution < -0.4 is 19.5 Å². The van der Waals surface area contributed by atoms with Gasteiger partial charge < -0.3 is 19.5 Å². The van der Waals surface area contributed by atoms with Crippen LogP contribution in [-0.2, 0) is 0 Å². The van der Waals surface area contributed by atoms with Crippen molar-refractivity contribution < 1.29 is 14.2 Å². The van der Waals surface area contributed by atoms with Gasteiger partial charge in [0.1, 0.15) is 11.6 Å². The van der Waals surface area contributed by atoms with E-state index < -0.39 is 0 Å². The first-order valence-electron chi connectivity index (χ1n) is 9.65. The lowest BCUT2D eigenvalue weighted by atomic mass is 10.2. The van der Waals surface area contributed by atoms with Crippen LogP contribution in [0.4, 0.5) is 11.5 Å². The highest BCUT2D eigenvalue weighted by Crippen LogP contribution is 2.43. The number of anilines is 2. The van der Waals surface area contributed by atoms with E-state index in [1.807, 2.05) is 57.2 Å². The summed E-state index contributed by atoms with van der Waals surface area (Å²) in [7, 11) is 0. The van der Waals surface area contributed by atoms with Crippen molar-refractivity contribution in [1.29, 1.82) is 0 Å². The van der Waals surface area contributed by atoms with Gasteiger partial charge in [0.05, 0.1) is 25.5 Å². The Morgan fingerprint density at radius 2 is 1.57 bits per heavy atom. The molecule has 6 heteroatoms. The van der Waals surface area contributed by atoms with Gasteiger partial charge >= 0.3 is 0 Å². The van der Waals surface area contributed by atoms with E-state index in [1.54, 1.807) is 0 Å². The number of fused-ring (bicyclic) bond motifs is 3. The fourth-order valence-corrected chi connectivity index (χ4v) is 3.42. The van der Waals surface area contributed by atoms with Crippen LogP contribution in [0, 0.1) is 0 Å². The quantitative estimate of drug-likeness (QED) is 0.376. The maximum atomic E-state index is 5.78. The van der Waals surface area contributed by atoms with Gasteiger partial charge in [-0.2, -0.15) is 0 Å². The predicted molar refractivity (Wildman–Crippen MR) is 113 cm³/mol. The van der Waals surface area contributed by atoms with Crippen molar-refractivity contribution in [3.8, 4) is 28.5 Å². The van der Waals surface area contributed by atoms with Crippen molar-refractivity contribution in [1.82, 2.24) is 10.2 Å². The van der Waals surface area contributed by atoms with Crippen molar-refractivity contribution >= 4 is 22.3 Å². The number of hydrogen-bond donors (Lipinski definition) is 3. The minimum absolute atomic E-state index is 0.593. The van der Waals surface area contributed by atoms with E-state index in [2.05, 4.69) is 21.6 Å². The molecule has 0 fully saturated rings. The monoisotopic (exact) mass is 379 g/mol. The fourth-order valence-electron chi connectivity index (χ4n) is 3.42. The van der Waals surface area contributed by atoms with Gasteiger partial charge in [0.2, 0.25) is 0 Å². The van der Waals surface area contributed by atoms with Gasteiger partial charge in [-0.1, -0.05) is 6.07 Å². The Bertz CT molecular complexity index is 1050. The molecule has 0 unspecified atom stereocenters. The third-order valence-corrected chi connectivity index (χ3v) is 4.55. The number of aromatic amines is 2. The summed E-state index contributed by atoms with van der Waals surface area (Å²) >= 11 is 0. The molecule has 2 aromatic carbocycles. The molecule has 0 atom stereocenters. The van der Waals surface area contributed by atoms with Crippen LogP contribution in [0.5, 0.6) is 17.2 Å². The van der Waals surface area contributed by atoms with Crippen molar-refractivity contribution in [2.45, 2.75) is 20.8 Å². The van der Waals surface area contributed by atoms with E-state index in [4.69, 9.17) is 14.2 Å². The van der Waals surface area contributed by atoms with Crippen LogP contribution >= 0.6 is 0 Å². The van der Waals surface area contributed by atoms with Crippen molar-refractivity contribution in [3.63, 3.8) is 0 Å². The highest BCUT2D eigenvalue weighted by atomic mass is 16.5. The zero-order valence-electron chi connectivity index (χ0n) is 16.4. The number of rotatable bonds is 8. The van der Waals surface area contributed by atoms with Gasteiger partial charge in [0.15, 0.2) is 11.5 Å². The lowest BCUT2D eigenvalue weighted by molar-refractivity contribution is 0.288. The summed E-state index contributed by atoms with van der Waals surface area (Å²) in [6, 6.07) is 14.1. The molecule has 0 aromatic heterocycles. The second kappa shape index (κ2) is 7.76. The van der Waals surface area contributed by atoms with Gasteiger partial charge in [-0.3, -0.25) is 10.2 Å². The lowest BCUT2D eigenvalue weighted by Crippen LogP contribution is -1.98. The highest BCUT2D eigenvalue weighted by Gasteiger charge is 2.19. The summed E-state index contributed by atoms with van der Waals surface area (Å²) in [6.45, 7) is 7.76. The van der Waals surface area contributed by atoms with Crippen LogP contribution in [0.15, 0.2) is 42.5 Å². The first-order valence-corrected chi connectivity index (χ1v) is 9.65. The second-order valence-electron chi connectivity index (χ2n) is 6.40. The maximum absolute atomic E-state index is 5.78. The molecule has 1 heterocycles. The fraction of sp³-hybridized carbons (Fsp3) is 0.273. The first kappa shape index (κ1) is 18.1. The number of nitrogens with one attached hydrogen (secondary N) is 3.